The fourth-order valence-electron chi connectivity index (χ4n) is 2.56. The van der Waals surface area contributed by atoms with E-state index in [1.807, 2.05) is 37.3 Å². The summed E-state index contributed by atoms with van der Waals surface area (Å²) in [6, 6.07) is 9.88. The number of nitrogens with two attached hydrogens (primary N) is 1. The van der Waals surface area contributed by atoms with Crippen molar-refractivity contribution in [1.82, 2.24) is 4.90 Å². The van der Waals surface area contributed by atoms with Crippen molar-refractivity contribution in [1.29, 1.82) is 0 Å². The maximum absolute atomic E-state index is 12.7. The molecule has 1 aliphatic carbocycles. The summed E-state index contributed by atoms with van der Waals surface area (Å²) >= 11 is 0. The first-order chi connectivity index (χ1) is 9.51. The Morgan fingerprint density at radius 2 is 2.05 bits per heavy atom. The molecule has 1 fully saturated rings. The van der Waals surface area contributed by atoms with Crippen LogP contribution >= 0.6 is 0 Å². The van der Waals surface area contributed by atoms with Gasteiger partial charge in [0.2, 0.25) is 5.91 Å². The zero-order valence-corrected chi connectivity index (χ0v) is 11.9. The highest BCUT2D eigenvalue weighted by Crippen LogP contribution is 2.49. The predicted molar refractivity (Wildman–Crippen MR) is 77.6 cm³/mol. The summed E-state index contributed by atoms with van der Waals surface area (Å²) in [6.07, 6.45) is 1.77. The SMILES string of the molecule is CC(CN(C)C(=O)C1(c2ccccc2)CC1)C(N)=NO. The summed E-state index contributed by atoms with van der Waals surface area (Å²) < 4.78 is 0. The highest BCUT2D eigenvalue weighted by Gasteiger charge is 2.52. The van der Waals surface area contributed by atoms with Gasteiger partial charge >= 0.3 is 0 Å². The first-order valence-corrected chi connectivity index (χ1v) is 6.80. The van der Waals surface area contributed by atoms with Gasteiger partial charge in [-0.15, -0.1) is 0 Å². The van der Waals surface area contributed by atoms with Gasteiger partial charge in [0, 0.05) is 19.5 Å². The molecule has 0 bridgehead atoms. The molecule has 1 atom stereocenters. The molecular weight excluding hydrogens is 254 g/mol. The minimum atomic E-state index is -0.360. The second-order valence-corrected chi connectivity index (χ2v) is 5.56. The van der Waals surface area contributed by atoms with E-state index in [4.69, 9.17) is 10.9 Å². The highest BCUT2D eigenvalue weighted by atomic mass is 16.4. The second kappa shape index (κ2) is 5.53. The summed E-state index contributed by atoms with van der Waals surface area (Å²) in [5.41, 5.74) is 6.28. The molecule has 1 aromatic carbocycles. The minimum absolute atomic E-state index is 0.112. The standard InChI is InChI=1S/C15H21N3O2/c1-11(13(16)17-20)10-18(2)14(19)15(8-9-15)12-6-4-3-5-7-12/h3-7,11,20H,8-10H2,1-2H3,(H2,16,17). The Morgan fingerprint density at radius 3 is 2.55 bits per heavy atom. The maximum atomic E-state index is 12.7. The molecule has 0 saturated heterocycles. The Bertz CT molecular complexity index is 509. The lowest BCUT2D eigenvalue weighted by molar-refractivity contribution is -0.132. The molecule has 5 nitrogen and oxygen atoms in total. The minimum Gasteiger partial charge on any atom is -0.409 e. The van der Waals surface area contributed by atoms with Gasteiger partial charge in [-0.25, -0.2) is 0 Å². The maximum Gasteiger partial charge on any atom is 0.232 e. The summed E-state index contributed by atoms with van der Waals surface area (Å²) in [4.78, 5) is 14.3. The lowest BCUT2D eigenvalue weighted by atomic mass is 9.94. The molecule has 0 radical (unpaired) electrons. The Hall–Kier alpha value is -2.04. The molecule has 5 heteroatoms. The highest BCUT2D eigenvalue weighted by molar-refractivity contribution is 5.91. The lowest BCUT2D eigenvalue weighted by Crippen LogP contribution is -2.41. The summed E-state index contributed by atoms with van der Waals surface area (Å²) in [5.74, 6) is 0.0935. The monoisotopic (exact) mass is 275 g/mol. The molecule has 1 aromatic rings. The van der Waals surface area contributed by atoms with E-state index in [0.29, 0.717) is 6.54 Å². The first-order valence-electron chi connectivity index (χ1n) is 6.80. The number of rotatable bonds is 5. The molecule has 0 spiro atoms. The summed E-state index contributed by atoms with van der Waals surface area (Å²) in [6.45, 7) is 2.28. The van der Waals surface area contributed by atoms with Crippen LogP contribution in [0.1, 0.15) is 25.3 Å². The molecule has 0 aliphatic heterocycles. The number of hydrogen-bond acceptors (Lipinski definition) is 3. The number of carbonyl (C=O) groups excluding carboxylic acids is 1. The number of hydrogen-bond donors (Lipinski definition) is 2. The first kappa shape index (κ1) is 14.4. The van der Waals surface area contributed by atoms with Gasteiger partial charge < -0.3 is 15.8 Å². The van der Waals surface area contributed by atoms with Crippen molar-refractivity contribution in [3.8, 4) is 0 Å². The third-order valence-electron chi connectivity index (χ3n) is 4.00. The van der Waals surface area contributed by atoms with Crippen LogP contribution in [0.2, 0.25) is 0 Å². The number of likely N-dealkylation sites (N-methyl/N-ethyl adjacent to an activating group) is 1. The number of benzene rings is 1. The Labute approximate surface area is 119 Å². The van der Waals surface area contributed by atoms with E-state index in [1.165, 1.54) is 0 Å². The van der Waals surface area contributed by atoms with Crippen molar-refractivity contribution in [3.05, 3.63) is 35.9 Å². The van der Waals surface area contributed by atoms with Crippen LogP contribution in [0, 0.1) is 5.92 Å². The van der Waals surface area contributed by atoms with E-state index >= 15 is 0 Å². The zero-order valence-electron chi connectivity index (χ0n) is 11.9. The van der Waals surface area contributed by atoms with Crippen LogP contribution in [0.5, 0.6) is 0 Å². The van der Waals surface area contributed by atoms with Crippen molar-refractivity contribution in [2.24, 2.45) is 16.8 Å². The van der Waals surface area contributed by atoms with Gasteiger partial charge in [0.15, 0.2) is 0 Å². The van der Waals surface area contributed by atoms with Gasteiger partial charge in [-0.05, 0) is 18.4 Å². The molecule has 1 unspecified atom stereocenters. The molecule has 0 aromatic heterocycles. The van der Waals surface area contributed by atoms with Gasteiger partial charge in [-0.3, -0.25) is 4.79 Å². The average Bonchev–Trinajstić information content (AvgIpc) is 3.28. The van der Waals surface area contributed by atoms with Gasteiger partial charge in [0.05, 0.1) is 5.41 Å². The average molecular weight is 275 g/mol. The Balaban J connectivity index is 2.08. The molecule has 0 heterocycles. The Morgan fingerprint density at radius 1 is 1.45 bits per heavy atom. The number of amidine groups is 1. The largest absolute Gasteiger partial charge is 0.409 e. The third-order valence-corrected chi connectivity index (χ3v) is 4.00. The normalized spacial score (nSPS) is 18.4. The fourth-order valence-corrected chi connectivity index (χ4v) is 2.56. The number of oxime groups is 1. The van der Waals surface area contributed by atoms with Crippen molar-refractivity contribution >= 4 is 11.7 Å². The topological polar surface area (TPSA) is 78.9 Å². The van der Waals surface area contributed by atoms with E-state index in [1.54, 1.807) is 11.9 Å². The van der Waals surface area contributed by atoms with Crippen LogP contribution in [-0.4, -0.2) is 35.4 Å². The second-order valence-electron chi connectivity index (χ2n) is 5.56. The van der Waals surface area contributed by atoms with Crippen LogP contribution in [0.4, 0.5) is 0 Å². The van der Waals surface area contributed by atoms with E-state index in [0.717, 1.165) is 18.4 Å². The van der Waals surface area contributed by atoms with Gasteiger partial charge in [-0.1, -0.05) is 42.4 Å². The molecule has 3 N–H and O–H groups in total. The van der Waals surface area contributed by atoms with Crippen LogP contribution in [-0.2, 0) is 10.2 Å². The van der Waals surface area contributed by atoms with Gasteiger partial charge in [0.1, 0.15) is 5.84 Å². The molecule has 1 aliphatic rings. The predicted octanol–water partition coefficient (Wildman–Crippen LogP) is 1.56. The fraction of sp³-hybridized carbons (Fsp3) is 0.467. The number of carbonyl (C=O) groups is 1. The lowest BCUT2D eigenvalue weighted by Gasteiger charge is -2.26. The van der Waals surface area contributed by atoms with Crippen molar-refractivity contribution in [3.63, 3.8) is 0 Å². The van der Waals surface area contributed by atoms with Crippen molar-refractivity contribution in [2.45, 2.75) is 25.2 Å². The number of nitrogens with zero attached hydrogens (tertiary/aromatic N) is 2. The van der Waals surface area contributed by atoms with Crippen molar-refractivity contribution < 1.29 is 10.0 Å². The number of amides is 1. The summed E-state index contributed by atoms with van der Waals surface area (Å²) in [5, 5.41) is 11.7. The molecule has 1 amide bonds. The van der Waals surface area contributed by atoms with Gasteiger partial charge in [0.25, 0.3) is 0 Å². The van der Waals surface area contributed by atoms with E-state index < -0.39 is 0 Å². The molecule has 108 valence electrons. The van der Waals surface area contributed by atoms with Crippen LogP contribution < -0.4 is 5.73 Å². The molecular formula is C15H21N3O2. The van der Waals surface area contributed by atoms with E-state index in [2.05, 4.69) is 5.16 Å². The van der Waals surface area contributed by atoms with Gasteiger partial charge in [-0.2, -0.15) is 0 Å². The van der Waals surface area contributed by atoms with Crippen molar-refractivity contribution in [2.75, 3.05) is 13.6 Å². The zero-order chi connectivity index (χ0) is 14.8. The van der Waals surface area contributed by atoms with Crippen LogP contribution in [0.25, 0.3) is 0 Å². The smallest absolute Gasteiger partial charge is 0.232 e. The van der Waals surface area contributed by atoms with Crippen LogP contribution in [0.3, 0.4) is 0 Å². The quantitative estimate of drug-likeness (QED) is 0.370. The molecule has 20 heavy (non-hydrogen) atoms. The van der Waals surface area contributed by atoms with E-state index in [-0.39, 0.29) is 23.1 Å². The molecule has 2 rings (SSSR count). The molecule has 1 saturated carbocycles. The third kappa shape index (κ3) is 2.61. The Kier molecular flexibility index (Phi) is 3.97. The van der Waals surface area contributed by atoms with E-state index in [9.17, 15) is 4.79 Å². The van der Waals surface area contributed by atoms with Crippen LogP contribution in [0.15, 0.2) is 35.5 Å². The summed E-state index contributed by atoms with van der Waals surface area (Å²) in [7, 11) is 1.77.